The summed E-state index contributed by atoms with van der Waals surface area (Å²) in [5.41, 5.74) is 12.4. The monoisotopic (exact) mass is 597 g/mol. The molecule has 218 valence electrons. The molecule has 7 aromatic carbocycles. The maximum absolute atomic E-state index is 5.21. The van der Waals surface area contributed by atoms with Crippen LogP contribution in [0.1, 0.15) is 0 Å². The molecule has 0 saturated heterocycles. The Morgan fingerprint density at radius 2 is 0.872 bits per heavy atom. The molecule has 2 aromatic heterocycles. The molecule has 0 bridgehead atoms. The molecule has 0 spiro atoms. The largest absolute Gasteiger partial charge is 0.285 e. The number of benzene rings is 7. The first-order chi connectivity index (χ1) is 23.3. The fourth-order valence-electron chi connectivity index (χ4n) is 7.56. The van der Waals surface area contributed by atoms with Crippen molar-refractivity contribution in [3.05, 3.63) is 164 Å². The highest BCUT2D eigenvalue weighted by molar-refractivity contribution is 6.27. The number of fused-ring (bicyclic) bond motifs is 10. The first-order valence-corrected chi connectivity index (χ1v) is 16.0. The van der Waals surface area contributed by atoms with Crippen molar-refractivity contribution < 1.29 is 0 Å². The lowest BCUT2D eigenvalue weighted by molar-refractivity contribution is 0.969. The Bertz CT molecular complexity index is 2610. The molecule has 3 heteroatoms. The summed E-state index contributed by atoms with van der Waals surface area (Å²) in [5, 5.41) is 6.30. The zero-order valence-electron chi connectivity index (χ0n) is 25.4. The van der Waals surface area contributed by atoms with Crippen LogP contribution in [0.3, 0.4) is 0 Å². The molecule has 0 fully saturated rings. The molecule has 0 atom stereocenters. The first kappa shape index (κ1) is 26.0. The van der Waals surface area contributed by atoms with E-state index in [9.17, 15) is 0 Å². The summed E-state index contributed by atoms with van der Waals surface area (Å²) in [6, 6.07) is 56.1. The van der Waals surface area contributed by atoms with E-state index in [4.69, 9.17) is 9.97 Å². The predicted molar refractivity (Wildman–Crippen MR) is 195 cm³/mol. The van der Waals surface area contributed by atoms with Crippen molar-refractivity contribution in [1.82, 2.24) is 14.5 Å². The van der Waals surface area contributed by atoms with Crippen molar-refractivity contribution in [1.29, 1.82) is 0 Å². The van der Waals surface area contributed by atoms with Gasteiger partial charge in [-0.2, -0.15) is 0 Å². The summed E-state index contributed by atoms with van der Waals surface area (Å²) in [6.07, 6.45) is 2.25. The first-order valence-electron chi connectivity index (χ1n) is 16.0. The van der Waals surface area contributed by atoms with E-state index in [2.05, 4.69) is 156 Å². The predicted octanol–water partition coefficient (Wildman–Crippen LogP) is 11.4. The van der Waals surface area contributed by atoms with Gasteiger partial charge in [-0.3, -0.25) is 4.57 Å². The fourth-order valence-corrected chi connectivity index (χ4v) is 7.56. The lowest BCUT2D eigenvalue weighted by Gasteiger charge is -2.18. The smallest absolute Gasteiger partial charge is 0.235 e. The van der Waals surface area contributed by atoms with Crippen LogP contribution in [0, 0.1) is 0 Å². The summed E-state index contributed by atoms with van der Waals surface area (Å²) in [5.74, 6) is 0.653. The minimum atomic E-state index is 0.653. The summed E-state index contributed by atoms with van der Waals surface area (Å²) < 4.78 is 2.19. The van der Waals surface area contributed by atoms with Crippen LogP contribution in [0.5, 0.6) is 0 Å². The van der Waals surface area contributed by atoms with Gasteiger partial charge in [-0.1, -0.05) is 146 Å². The van der Waals surface area contributed by atoms with Gasteiger partial charge < -0.3 is 0 Å². The summed E-state index contributed by atoms with van der Waals surface area (Å²) >= 11 is 0. The van der Waals surface area contributed by atoms with E-state index in [1.807, 2.05) is 12.1 Å². The Morgan fingerprint density at radius 3 is 1.49 bits per heavy atom. The van der Waals surface area contributed by atoms with Crippen molar-refractivity contribution in [2.45, 2.75) is 0 Å². The second kappa shape index (κ2) is 10.1. The summed E-state index contributed by atoms with van der Waals surface area (Å²) in [6.45, 7) is 0. The summed E-state index contributed by atoms with van der Waals surface area (Å²) in [4.78, 5) is 10.4. The quantitative estimate of drug-likeness (QED) is 0.190. The van der Waals surface area contributed by atoms with Crippen molar-refractivity contribution >= 4 is 32.4 Å². The van der Waals surface area contributed by atoms with Crippen LogP contribution in [0.15, 0.2) is 164 Å². The molecular formula is C44H27N3. The third kappa shape index (κ3) is 3.87. The third-order valence-electron chi connectivity index (χ3n) is 9.59. The second-order valence-electron chi connectivity index (χ2n) is 12.2. The van der Waals surface area contributed by atoms with E-state index < -0.39 is 0 Å². The van der Waals surface area contributed by atoms with Crippen molar-refractivity contribution in [3.8, 4) is 61.8 Å². The molecule has 0 amide bonds. The molecule has 10 rings (SSSR count). The third-order valence-corrected chi connectivity index (χ3v) is 9.59. The Hall–Kier alpha value is -6.32. The highest BCUT2D eigenvalue weighted by Gasteiger charge is 2.28. The van der Waals surface area contributed by atoms with Crippen LogP contribution in [0.25, 0.3) is 94.3 Å². The van der Waals surface area contributed by atoms with Crippen LogP contribution in [0.2, 0.25) is 0 Å². The number of hydrogen-bond acceptors (Lipinski definition) is 2. The van der Waals surface area contributed by atoms with Gasteiger partial charge in [-0.15, -0.1) is 0 Å². The maximum Gasteiger partial charge on any atom is 0.235 e. The van der Waals surface area contributed by atoms with Crippen LogP contribution in [0.4, 0.5) is 0 Å². The zero-order chi connectivity index (χ0) is 30.9. The van der Waals surface area contributed by atoms with Gasteiger partial charge >= 0.3 is 0 Å². The zero-order valence-corrected chi connectivity index (χ0v) is 25.4. The number of nitrogens with zero attached hydrogens (tertiary/aromatic N) is 3. The average Bonchev–Trinajstić information content (AvgIpc) is 3.49. The van der Waals surface area contributed by atoms with Crippen LogP contribution in [-0.2, 0) is 0 Å². The Kier molecular flexibility index (Phi) is 5.57. The van der Waals surface area contributed by atoms with Crippen LogP contribution < -0.4 is 0 Å². The van der Waals surface area contributed by atoms with Gasteiger partial charge in [-0.05, 0) is 61.5 Å². The molecule has 0 N–H and O–H groups in total. The van der Waals surface area contributed by atoms with Crippen molar-refractivity contribution in [2.24, 2.45) is 0 Å². The van der Waals surface area contributed by atoms with Gasteiger partial charge in [0, 0.05) is 28.3 Å². The topological polar surface area (TPSA) is 30.7 Å². The molecule has 0 unspecified atom stereocenters. The van der Waals surface area contributed by atoms with Crippen molar-refractivity contribution in [3.63, 3.8) is 0 Å². The molecule has 1 aliphatic carbocycles. The number of aromatic nitrogens is 3. The number of rotatable bonds is 3. The highest BCUT2D eigenvalue weighted by Crippen LogP contribution is 2.53. The van der Waals surface area contributed by atoms with E-state index in [-0.39, 0.29) is 0 Å². The Morgan fingerprint density at radius 1 is 0.383 bits per heavy atom. The molecular weight excluding hydrogens is 571 g/mol. The lowest BCUT2D eigenvalue weighted by Crippen LogP contribution is -2.03. The van der Waals surface area contributed by atoms with Gasteiger partial charge in [0.05, 0.1) is 16.9 Å². The second-order valence-corrected chi connectivity index (χ2v) is 12.2. The SMILES string of the molecule is c1ccc(-c2cc(-c3ccccc3)nc(-n3cc4c5c(cccc53)-c3c(c5ccccc5c5ccccc35)-c3ccccc3-4)n2)cc1. The van der Waals surface area contributed by atoms with E-state index in [1.54, 1.807) is 0 Å². The molecule has 3 nitrogen and oxygen atoms in total. The molecule has 0 saturated carbocycles. The molecule has 1 aliphatic rings. The van der Waals surface area contributed by atoms with Gasteiger partial charge in [0.25, 0.3) is 0 Å². The van der Waals surface area contributed by atoms with Crippen molar-refractivity contribution in [2.75, 3.05) is 0 Å². The molecule has 9 aromatic rings. The van der Waals surface area contributed by atoms with E-state index in [0.717, 1.165) is 28.0 Å². The van der Waals surface area contributed by atoms with Gasteiger partial charge in [-0.25, -0.2) is 9.97 Å². The lowest BCUT2D eigenvalue weighted by atomic mass is 9.85. The highest BCUT2D eigenvalue weighted by atomic mass is 15.2. The Balaban J connectivity index is 1.33. The van der Waals surface area contributed by atoms with E-state index >= 15 is 0 Å². The normalized spacial score (nSPS) is 11.8. The Labute approximate surface area is 272 Å². The minimum Gasteiger partial charge on any atom is -0.285 e. The van der Waals surface area contributed by atoms with E-state index in [0.29, 0.717) is 5.95 Å². The van der Waals surface area contributed by atoms with Crippen LogP contribution >= 0.6 is 0 Å². The molecule has 0 radical (unpaired) electrons. The molecule has 2 heterocycles. The van der Waals surface area contributed by atoms with Crippen LogP contribution in [-0.4, -0.2) is 14.5 Å². The van der Waals surface area contributed by atoms with Gasteiger partial charge in [0.1, 0.15) is 0 Å². The molecule has 0 aliphatic heterocycles. The summed E-state index contributed by atoms with van der Waals surface area (Å²) in [7, 11) is 0. The average molecular weight is 598 g/mol. The number of hydrogen-bond donors (Lipinski definition) is 0. The molecule has 47 heavy (non-hydrogen) atoms. The van der Waals surface area contributed by atoms with E-state index in [1.165, 1.54) is 60.3 Å². The maximum atomic E-state index is 5.21. The fraction of sp³-hybridized carbons (Fsp3) is 0. The van der Waals surface area contributed by atoms with Gasteiger partial charge in [0.2, 0.25) is 5.95 Å². The standard InChI is InChI=1S/C44H27N3/c1-3-14-28(15-4-1)38-26-39(29-16-5-2-6-17-29)46-44(45-38)47-27-37-32-20-9-12-23-35(32)42-33-21-10-7-18-30(33)31-19-8-11-22-34(31)43(42)36-24-13-25-40(47)41(36)37/h1-27H. The minimum absolute atomic E-state index is 0.653. The van der Waals surface area contributed by atoms with Gasteiger partial charge in [0.15, 0.2) is 0 Å².